The van der Waals surface area contributed by atoms with Gasteiger partial charge in [-0.15, -0.1) is 0 Å². The zero-order valence-electron chi connectivity index (χ0n) is 6.09. The van der Waals surface area contributed by atoms with E-state index in [4.69, 9.17) is 4.42 Å². The molecule has 11 heavy (non-hydrogen) atoms. The van der Waals surface area contributed by atoms with Gasteiger partial charge in [0.15, 0.2) is 12.2 Å². The van der Waals surface area contributed by atoms with Crippen LogP contribution in [0.3, 0.4) is 0 Å². The van der Waals surface area contributed by atoms with Crippen LogP contribution in [0.1, 0.15) is 18.7 Å². The van der Waals surface area contributed by atoms with Crippen molar-refractivity contribution in [2.45, 2.75) is 25.4 Å². The van der Waals surface area contributed by atoms with E-state index in [0.29, 0.717) is 12.3 Å². The Kier molecular flexibility index (Phi) is 1.64. The largest absolute Gasteiger partial charge is 0.437 e. The van der Waals surface area contributed by atoms with E-state index < -0.39 is 6.17 Å². The Morgan fingerprint density at radius 3 is 3.18 bits per heavy atom. The molecule has 1 aromatic rings. The van der Waals surface area contributed by atoms with Crippen LogP contribution in [0.5, 0.6) is 0 Å². The van der Waals surface area contributed by atoms with Gasteiger partial charge in [0.05, 0.1) is 12.6 Å². The molecular formula is C8H9FNO. The van der Waals surface area contributed by atoms with Gasteiger partial charge in [-0.2, -0.15) is 0 Å². The first-order valence-electron chi connectivity index (χ1n) is 3.81. The molecule has 0 saturated heterocycles. The van der Waals surface area contributed by atoms with E-state index in [0.717, 1.165) is 12.8 Å². The smallest absolute Gasteiger partial charge is 0.198 e. The molecule has 0 aromatic carbocycles. The number of rotatable bonds is 3. The molecule has 0 amide bonds. The Morgan fingerprint density at radius 1 is 1.82 bits per heavy atom. The van der Waals surface area contributed by atoms with Crippen LogP contribution in [0.4, 0.5) is 4.39 Å². The molecule has 1 fully saturated rings. The molecule has 1 heterocycles. The number of hydrogen-bond donors (Lipinski definition) is 0. The maximum Gasteiger partial charge on any atom is 0.198 e. The summed E-state index contributed by atoms with van der Waals surface area (Å²) in [6.45, 7) is 0. The summed E-state index contributed by atoms with van der Waals surface area (Å²) in [7, 11) is 0. The van der Waals surface area contributed by atoms with Crippen molar-refractivity contribution in [2.75, 3.05) is 0 Å². The van der Waals surface area contributed by atoms with E-state index in [2.05, 4.69) is 11.2 Å². The van der Waals surface area contributed by atoms with Crippen molar-refractivity contribution in [2.24, 2.45) is 5.92 Å². The maximum atomic E-state index is 13.0. The lowest BCUT2D eigenvalue weighted by Crippen LogP contribution is -2.06. The number of hydrogen-bond acceptors (Lipinski definition) is 2. The second-order valence-electron chi connectivity index (χ2n) is 2.93. The quantitative estimate of drug-likeness (QED) is 0.663. The predicted octanol–water partition coefficient (Wildman–Crippen LogP) is 1.77. The number of alkyl halides is 1. The van der Waals surface area contributed by atoms with Crippen molar-refractivity contribution in [1.82, 2.24) is 4.98 Å². The van der Waals surface area contributed by atoms with Crippen LogP contribution in [0, 0.1) is 12.2 Å². The molecule has 1 aromatic heterocycles. The van der Waals surface area contributed by atoms with Crippen molar-refractivity contribution in [3.8, 4) is 0 Å². The molecule has 0 aliphatic heterocycles. The van der Waals surface area contributed by atoms with Crippen LogP contribution >= 0.6 is 0 Å². The number of aromatic nitrogens is 1. The Bertz CT molecular complexity index is 218. The van der Waals surface area contributed by atoms with Crippen molar-refractivity contribution >= 4 is 0 Å². The highest BCUT2D eigenvalue weighted by Gasteiger charge is 2.32. The molecule has 0 spiro atoms. The van der Waals surface area contributed by atoms with Gasteiger partial charge in [-0.3, -0.25) is 0 Å². The maximum absolute atomic E-state index is 13.0. The summed E-state index contributed by atoms with van der Waals surface area (Å²) < 4.78 is 17.8. The molecule has 3 heteroatoms. The lowest BCUT2D eigenvalue weighted by molar-refractivity contribution is 0.275. The summed E-state index contributed by atoms with van der Waals surface area (Å²) in [6, 6.07) is 0. The molecule has 2 rings (SSSR count). The van der Waals surface area contributed by atoms with Gasteiger partial charge in [0.25, 0.3) is 0 Å². The minimum atomic E-state index is -0.762. The van der Waals surface area contributed by atoms with Crippen molar-refractivity contribution < 1.29 is 8.81 Å². The van der Waals surface area contributed by atoms with Gasteiger partial charge < -0.3 is 4.42 Å². The monoisotopic (exact) mass is 154 g/mol. The van der Waals surface area contributed by atoms with E-state index in [1.165, 1.54) is 6.20 Å². The second-order valence-corrected chi connectivity index (χ2v) is 2.93. The number of oxazole rings is 1. The molecule has 0 bridgehead atoms. The van der Waals surface area contributed by atoms with Crippen LogP contribution < -0.4 is 0 Å². The van der Waals surface area contributed by atoms with Gasteiger partial charge in [-0.05, 0) is 18.8 Å². The van der Waals surface area contributed by atoms with E-state index in [-0.39, 0.29) is 5.92 Å². The first-order chi connectivity index (χ1) is 5.36. The summed E-state index contributed by atoms with van der Waals surface area (Å²) >= 11 is 0. The Hall–Kier alpha value is -0.860. The summed E-state index contributed by atoms with van der Waals surface area (Å²) in [5.41, 5.74) is 0. The zero-order chi connectivity index (χ0) is 7.68. The summed E-state index contributed by atoms with van der Waals surface area (Å²) in [5.74, 6) is 0.728. The fourth-order valence-electron chi connectivity index (χ4n) is 1.10. The zero-order valence-corrected chi connectivity index (χ0v) is 6.09. The van der Waals surface area contributed by atoms with Crippen LogP contribution in [0.2, 0.25) is 0 Å². The van der Waals surface area contributed by atoms with Crippen molar-refractivity contribution in [3.63, 3.8) is 0 Å². The Labute approximate surface area is 64.4 Å². The SMILES string of the molecule is FC(Cc1nc[c]o1)C1CC1. The van der Waals surface area contributed by atoms with E-state index in [9.17, 15) is 4.39 Å². The van der Waals surface area contributed by atoms with Crippen LogP contribution in [0.15, 0.2) is 10.6 Å². The van der Waals surface area contributed by atoms with Gasteiger partial charge >= 0.3 is 0 Å². The molecule has 0 N–H and O–H groups in total. The summed E-state index contributed by atoms with van der Waals surface area (Å²) in [4.78, 5) is 3.80. The molecule has 1 unspecified atom stereocenters. The van der Waals surface area contributed by atoms with Gasteiger partial charge in [0, 0.05) is 0 Å². The van der Waals surface area contributed by atoms with Gasteiger partial charge in [0.2, 0.25) is 0 Å². The highest BCUT2D eigenvalue weighted by atomic mass is 19.1. The van der Waals surface area contributed by atoms with Crippen LogP contribution in [0.25, 0.3) is 0 Å². The van der Waals surface area contributed by atoms with Crippen LogP contribution in [-0.2, 0) is 6.42 Å². The third-order valence-corrected chi connectivity index (χ3v) is 1.94. The minimum absolute atomic E-state index is 0.266. The van der Waals surface area contributed by atoms with Gasteiger partial charge in [-0.1, -0.05) is 0 Å². The molecule has 1 atom stereocenters. The average molecular weight is 154 g/mol. The standard InChI is InChI=1S/C8H9FNO/c9-7(6-1-2-6)5-8-10-3-4-11-8/h3,6-7H,1-2,5H2. The molecular weight excluding hydrogens is 145 g/mol. The highest BCUT2D eigenvalue weighted by Crippen LogP contribution is 2.35. The Balaban J connectivity index is 1.89. The molecule has 1 aliphatic rings. The third-order valence-electron chi connectivity index (χ3n) is 1.94. The van der Waals surface area contributed by atoms with E-state index in [1.54, 1.807) is 0 Å². The van der Waals surface area contributed by atoms with Crippen molar-refractivity contribution in [1.29, 1.82) is 0 Å². The molecule has 1 aliphatic carbocycles. The molecule has 1 saturated carbocycles. The lowest BCUT2D eigenvalue weighted by Gasteiger charge is -2.00. The van der Waals surface area contributed by atoms with E-state index in [1.807, 2.05) is 0 Å². The lowest BCUT2D eigenvalue weighted by atomic mass is 10.2. The fourth-order valence-corrected chi connectivity index (χ4v) is 1.10. The fraction of sp³-hybridized carbons (Fsp3) is 0.625. The van der Waals surface area contributed by atoms with Gasteiger partial charge in [-0.25, -0.2) is 9.37 Å². The highest BCUT2D eigenvalue weighted by molar-refractivity contribution is 4.89. The number of halogens is 1. The topological polar surface area (TPSA) is 26.0 Å². The van der Waals surface area contributed by atoms with Crippen molar-refractivity contribution in [3.05, 3.63) is 18.4 Å². The molecule has 59 valence electrons. The summed E-state index contributed by atoms with van der Waals surface area (Å²) in [5, 5.41) is 0. The normalized spacial score (nSPS) is 20.1. The van der Waals surface area contributed by atoms with Crippen LogP contribution in [-0.4, -0.2) is 11.2 Å². The van der Waals surface area contributed by atoms with E-state index >= 15 is 0 Å². The predicted molar refractivity (Wildman–Crippen MR) is 36.7 cm³/mol. The average Bonchev–Trinajstić information content (AvgIpc) is 2.73. The summed E-state index contributed by atoms with van der Waals surface area (Å²) in [6.07, 6.45) is 5.46. The van der Waals surface area contributed by atoms with Gasteiger partial charge in [0.1, 0.15) is 6.17 Å². The first kappa shape index (κ1) is 6.83. The molecule has 2 nitrogen and oxygen atoms in total. The molecule has 1 radical (unpaired) electrons. The first-order valence-corrected chi connectivity index (χ1v) is 3.81. The number of nitrogens with zero attached hydrogens (tertiary/aromatic N) is 1. The Morgan fingerprint density at radius 2 is 2.64 bits per heavy atom. The third kappa shape index (κ3) is 1.59. The minimum Gasteiger partial charge on any atom is -0.437 e. The second kappa shape index (κ2) is 2.64.